The zero-order valence-electron chi connectivity index (χ0n) is 17.3. The predicted octanol–water partition coefficient (Wildman–Crippen LogP) is 4.91. The van der Waals surface area contributed by atoms with Crippen LogP contribution in [0.25, 0.3) is 0 Å². The Hall–Kier alpha value is -2.94. The van der Waals surface area contributed by atoms with E-state index >= 15 is 0 Å². The molecule has 9 heteroatoms. The highest BCUT2D eigenvalue weighted by molar-refractivity contribution is 7.99. The van der Waals surface area contributed by atoms with Gasteiger partial charge >= 0.3 is 0 Å². The number of para-hydroxylation sites is 1. The molecule has 3 aromatic rings. The molecule has 0 aliphatic heterocycles. The molecule has 0 fully saturated rings. The summed E-state index contributed by atoms with van der Waals surface area (Å²) in [5.74, 6) is -0.374. The first-order valence-electron chi connectivity index (χ1n) is 9.90. The van der Waals surface area contributed by atoms with E-state index in [1.807, 2.05) is 34.9 Å². The number of nitrogens with one attached hydrogen (secondary N) is 1. The second-order valence-electron chi connectivity index (χ2n) is 7.30. The van der Waals surface area contributed by atoms with Crippen LogP contribution in [-0.2, 0) is 17.9 Å². The second kappa shape index (κ2) is 10.9. The Kier molecular flexibility index (Phi) is 8.00. The van der Waals surface area contributed by atoms with Crippen molar-refractivity contribution in [1.82, 2.24) is 14.8 Å². The number of rotatable bonds is 10. The van der Waals surface area contributed by atoms with Gasteiger partial charge in [-0.15, -0.1) is 10.2 Å². The number of anilines is 1. The highest BCUT2D eigenvalue weighted by Crippen LogP contribution is 2.21. The van der Waals surface area contributed by atoms with E-state index in [1.165, 1.54) is 17.8 Å². The number of amides is 1. The maximum absolute atomic E-state index is 13.3. The van der Waals surface area contributed by atoms with Gasteiger partial charge in [-0.05, 0) is 36.6 Å². The summed E-state index contributed by atoms with van der Waals surface area (Å²) in [5.41, 5.74) is 0.197. The maximum atomic E-state index is 13.3. The summed E-state index contributed by atoms with van der Waals surface area (Å²) in [6.07, 6.45) is 0.922. The zero-order chi connectivity index (χ0) is 22.2. The Morgan fingerprint density at radius 2 is 1.90 bits per heavy atom. The third-order valence-electron chi connectivity index (χ3n) is 4.37. The summed E-state index contributed by atoms with van der Waals surface area (Å²) >= 11 is 1.23. The van der Waals surface area contributed by atoms with Crippen molar-refractivity contribution in [2.75, 3.05) is 11.1 Å². The van der Waals surface area contributed by atoms with Gasteiger partial charge in [0.05, 0.1) is 5.75 Å². The Labute approximate surface area is 184 Å². The van der Waals surface area contributed by atoms with Crippen LogP contribution >= 0.6 is 11.8 Å². The van der Waals surface area contributed by atoms with Gasteiger partial charge in [0.2, 0.25) is 5.91 Å². The topological polar surface area (TPSA) is 69.0 Å². The van der Waals surface area contributed by atoms with E-state index in [1.54, 1.807) is 0 Å². The highest BCUT2D eigenvalue weighted by Gasteiger charge is 2.16. The van der Waals surface area contributed by atoms with Crippen molar-refractivity contribution in [3.63, 3.8) is 0 Å². The van der Waals surface area contributed by atoms with Crippen LogP contribution in [0.1, 0.15) is 26.1 Å². The standard InChI is InChI=1S/C22H24F2N4O2S/c1-15(2)10-11-28-20(13-30-17-6-4-3-5-7-17)26-27-22(28)31-14-21(29)25-16-8-9-18(23)19(24)12-16/h3-9,12,15H,10-11,13-14H2,1-2H3,(H,25,29). The average Bonchev–Trinajstić information content (AvgIpc) is 3.14. The lowest BCUT2D eigenvalue weighted by Crippen LogP contribution is -2.15. The van der Waals surface area contributed by atoms with E-state index in [2.05, 4.69) is 29.4 Å². The molecule has 0 saturated carbocycles. The lowest BCUT2D eigenvalue weighted by molar-refractivity contribution is -0.113. The van der Waals surface area contributed by atoms with Crippen molar-refractivity contribution >= 4 is 23.4 Å². The average molecular weight is 447 g/mol. The third kappa shape index (κ3) is 6.78. The van der Waals surface area contributed by atoms with Crippen molar-refractivity contribution in [2.24, 2.45) is 5.92 Å². The van der Waals surface area contributed by atoms with Crippen LogP contribution in [0.5, 0.6) is 5.75 Å². The molecule has 1 heterocycles. The van der Waals surface area contributed by atoms with E-state index in [4.69, 9.17) is 4.74 Å². The molecule has 164 valence electrons. The zero-order valence-corrected chi connectivity index (χ0v) is 18.2. The van der Waals surface area contributed by atoms with Crippen molar-refractivity contribution in [3.8, 4) is 5.75 Å². The summed E-state index contributed by atoms with van der Waals surface area (Å²) in [5, 5.41) is 11.6. The molecule has 31 heavy (non-hydrogen) atoms. The van der Waals surface area contributed by atoms with E-state index in [9.17, 15) is 13.6 Å². The van der Waals surface area contributed by atoms with Gasteiger partial charge in [0.1, 0.15) is 12.4 Å². The fourth-order valence-corrected chi connectivity index (χ4v) is 3.49. The first-order chi connectivity index (χ1) is 14.9. The Morgan fingerprint density at radius 3 is 2.61 bits per heavy atom. The number of ether oxygens (including phenoxy) is 1. The van der Waals surface area contributed by atoms with Gasteiger partial charge in [-0.1, -0.05) is 43.8 Å². The van der Waals surface area contributed by atoms with Crippen molar-refractivity contribution in [1.29, 1.82) is 0 Å². The molecular formula is C22H24F2N4O2S. The smallest absolute Gasteiger partial charge is 0.234 e. The van der Waals surface area contributed by atoms with E-state index in [-0.39, 0.29) is 24.0 Å². The van der Waals surface area contributed by atoms with E-state index in [0.29, 0.717) is 23.4 Å². The Bertz CT molecular complexity index is 1010. The maximum Gasteiger partial charge on any atom is 0.234 e. The van der Waals surface area contributed by atoms with Gasteiger partial charge in [0, 0.05) is 18.3 Å². The fraction of sp³-hybridized carbons (Fsp3) is 0.318. The molecule has 0 aliphatic rings. The molecule has 1 amide bonds. The number of nitrogens with zero attached hydrogens (tertiary/aromatic N) is 3. The van der Waals surface area contributed by atoms with Crippen LogP contribution in [0.2, 0.25) is 0 Å². The van der Waals surface area contributed by atoms with Crippen LogP contribution in [-0.4, -0.2) is 26.4 Å². The lowest BCUT2D eigenvalue weighted by atomic mass is 10.1. The normalized spacial score (nSPS) is 11.0. The molecule has 0 aliphatic carbocycles. The lowest BCUT2D eigenvalue weighted by Gasteiger charge is -2.12. The van der Waals surface area contributed by atoms with Gasteiger partial charge in [-0.3, -0.25) is 4.79 Å². The highest BCUT2D eigenvalue weighted by atomic mass is 32.2. The number of benzene rings is 2. The van der Waals surface area contributed by atoms with Gasteiger partial charge in [-0.25, -0.2) is 8.78 Å². The number of carbonyl (C=O) groups excluding carboxylic acids is 1. The summed E-state index contributed by atoms with van der Waals surface area (Å²) in [6, 6.07) is 12.7. The summed E-state index contributed by atoms with van der Waals surface area (Å²) < 4.78 is 34.1. The largest absolute Gasteiger partial charge is 0.486 e. The quantitative estimate of drug-likeness (QED) is 0.448. The molecule has 1 N–H and O–H groups in total. The monoisotopic (exact) mass is 446 g/mol. The van der Waals surface area contributed by atoms with Gasteiger partial charge in [0.15, 0.2) is 22.6 Å². The first kappa shape index (κ1) is 22.7. The molecule has 0 spiro atoms. The van der Waals surface area contributed by atoms with Crippen LogP contribution < -0.4 is 10.1 Å². The molecule has 0 atom stereocenters. The van der Waals surface area contributed by atoms with Crippen molar-refractivity contribution in [2.45, 2.75) is 38.6 Å². The minimum atomic E-state index is -1.01. The minimum Gasteiger partial charge on any atom is -0.486 e. The second-order valence-corrected chi connectivity index (χ2v) is 8.24. The van der Waals surface area contributed by atoms with Crippen molar-refractivity contribution in [3.05, 3.63) is 66.0 Å². The van der Waals surface area contributed by atoms with Crippen LogP contribution in [0, 0.1) is 17.6 Å². The Balaban J connectivity index is 1.63. The van der Waals surface area contributed by atoms with E-state index in [0.717, 1.165) is 24.3 Å². The van der Waals surface area contributed by atoms with E-state index < -0.39 is 11.6 Å². The fourth-order valence-electron chi connectivity index (χ4n) is 2.71. The summed E-state index contributed by atoms with van der Waals surface area (Å²) in [4.78, 5) is 12.2. The number of halogens is 2. The van der Waals surface area contributed by atoms with Gasteiger partial charge in [-0.2, -0.15) is 0 Å². The molecule has 0 radical (unpaired) electrons. The SMILES string of the molecule is CC(C)CCn1c(COc2ccccc2)nnc1SCC(=O)Nc1ccc(F)c(F)c1. The van der Waals surface area contributed by atoms with Crippen LogP contribution in [0.3, 0.4) is 0 Å². The van der Waals surface area contributed by atoms with Crippen molar-refractivity contribution < 1.29 is 18.3 Å². The number of carbonyl (C=O) groups is 1. The predicted molar refractivity (Wildman–Crippen MR) is 116 cm³/mol. The third-order valence-corrected chi connectivity index (χ3v) is 5.34. The number of hydrogen-bond donors (Lipinski definition) is 1. The number of hydrogen-bond acceptors (Lipinski definition) is 5. The molecule has 0 unspecified atom stereocenters. The molecule has 1 aromatic heterocycles. The number of thioether (sulfide) groups is 1. The molecule has 2 aromatic carbocycles. The molecular weight excluding hydrogens is 422 g/mol. The van der Waals surface area contributed by atoms with Crippen LogP contribution in [0.4, 0.5) is 14.5 Å². The number of aromatic nitrogens is 3. The summed E-state index contributed by atoms with van der Waals surface area (Å²) in [6.45, 7) is 5.22. The molecule has 3 rings (SSSR count). The molecule has 0 bridgehead atoms. The summed E-state index contributed by atoms with van der Waals surface area (Å²) in [7, 11) is 0. The van der Waals surface area contributed by atoms with Gasteiger partial charge < -0.3 is 14.6 Å². The van der Waals surface area contributed by atoms with Gasteiger partial charge in [0.25, 0.3) is 0 Å². The van der Waals surface area contributed by atoms with Crippen LogP contribution in [0.15, 0.2) is 53.7 Å². The first-order valence-corrected chi connectivity index (χ1v) is 10.9. The minimum absolute atomic E-state index is 0.0539. The molecule has 0 saturated heterocycles. The Morgan fingerprint density at radius 1 is 1.13 bits per heavy atom. The molecule has 6 nitrogen and oxygen atoms in total.